The molecule has 1 aromatic rings. The Hall–Kier alpha value is -0.590. The van der Waals surface area contributed by atoms with Gasteiger partial charge in [-0.1, -0.05) is 17.7 Å². The SMILES string of the molecule is Cl.O=C(NCC1=CCNCC1)c1cccc(I)c1. The number of hydrogen-bond donors (Lipinski definition) is 2. The molecule has 0 aromatic heterocycles. The Bertz CT molecular complexity index is 448. The van der Waals surface area contributed by atoms with Crippen molar-refractivity contribution >= 4 is 40.9 Å². The molecule has 1 amide bonds. The highest BCUT2D eigenvalue weighted by atomic mass is 127. The Labute approximate surface area is 127 Å². The van der Waals surface area contributed by atoms with Crippen molar-refractivity contribution in [2.75, 3.05) is 19.6 Å². The lowest BCUT2D eigenvalue weighted by Crippen LogP contribution is -2.29. The van der Waals surface area contributed by atoms with Crippen molar-refractivity contribution in [3.05, 3.63) is 45.0 Å². The topological polar surface area (TPSA) is 41.1 Å². The number of carbonyl (C=O) groups excluding carboxylic acids is 1. The van der Waals surface area contributed by atoms with Gasteiger partial charge in [0.25, 0.3) is 5.91 Å². The summed E-state index contributed by atoms with van der Waals surface area (Å²) in [5.41, 5.74) is 2.04. The molecule has 18 heavy (non-hydrogen) atoms. The third kappa shape index (κ3) is 4.59. The lowest BCUT2D eigenvalue weighted by atomic mass is 10.1. The van der Waals surface area contributed by atoms with Gasteiger partial charge in [-0.3, -0.25) is 4.79 Å². The highest BCUT2D eigenvalue weighted by Gasteiger charge is 2.07. The predicted octanol–water partition coefficient (Wildman–Crippen LogP) is 2.36. The fraction of sp³-hybridized carbons (Fsp3) is 0.308. The zero-order valence-electron chi connectivity index (χ0n) is 9.91. The second kappa shape index (κ2) is 7.76. The molecule has 0 unspecified atom stereocenters. The van der Waals surface area contributed by atoms with Crippen molar-refractivity contribution in [2.24, 2.45) is 0 Å². The summed E-state index contributed by atoms with van der Waals surface area (Å²) in [5.74, 6) is 0.00273. The standard InChI is InChI=1S/C13H15IN2O.ClH/c14-12-3-1-2-11(8-12)13(17)16-9-10-4-6-15-7-5-10;/h1-4,8,15H,5-7,9H2,(H,16,17);1H. The average Bonchev–Trinajstić information content (AvgIpc) is 2.37. The van der Waals surface area contributed by atoms with E-state index in [9.17, 15) is 4.79 Å². The fourth-order valence-corrected chi connectivity index (χ4v) is 2.30. The molecule has 0 aliphatic carbocycles. The minimum atomic E-state index is 0. The van der Waals surface area contributed by atoms with Crippen molar-refractivity contribution in [1.82, 2.24) is 10.6 Å². The smallest absolute Gasteiger partial charge is 0.251 e. The van der Waals surface area contributed by atoms with E-state index in [2.05, 4.69) is 39.3 Å². The molecule has 2 rings (SSSR count). The van der Waals surface area contributed by atoms with Crippen molar-refractivity contribution in [3.63, 3.8) is 0 Å². The second-order valence-corrected chi connectivity index (χ2v) is 5.26. The maximum Gasteiger partial charge on any atom is 0.251 e. The molecule has 0 spiro atoms. The number of halogens is 2. The summed E-state index contributed by atoms with van der Waals surface area (Å²) in [6.45, 7) is 2.57. The molecule has 2 N–H and O–H groups in total. The Morgan fingerprint density at radius 1 is 1.44 bits per heavy atom. The monoisotopic (exact) mass is 378 g/mol. The molecule has 3 nitrogen and oxygen atoms in total. The molecule has 1 heterocycles. The van der Waals surface area contributed by atoms with Gasteiger partial charge < -0.3 is 10.6 Å². The number of amides is 1. The largest absolute Gasteiger partial charge is 0.348 e. The van der Waals surface area contributed by atoms with Crippen LogP contribution in [0.1, 0.15) is 16.8 Å². The van der Waals surface area contributed by atoms with E-state index in [0.29, 0.717) is 6.54 Å². The van der Waals surface area contributed by atoms with E-state index in [0.717, 1.165) is 28.6 Å². The molecule has 1 aliphatic rings. The normalized spacial score (nSPS) is 14.4. The lowest BCUT2D eigenvalue weighted by Gasteiger charge is -2.14. The summed E-state index contributed by atoms with van der Waals surface area (Å²) in [7, 11) is 0. The summed E-state index contributed by atoms with van der Waals surface area (Å²) in [6.07, 6.45) is 3.17. The Balaban J connectivity index is 0.00000162. The van der Waals surface area contributed by atoms with Gasteiger partial charge in [-0.2, -0.15) is 0 Å². The Morgan fingerprint density at radius 2 is 2.28 bits per heavy atom. The van der Waals surface area contributed by atoms with E-state index in [-0.39, 0.29) is 18.3 Å². The number of hydrogen-bond acceptors (Lipinski definition) is 2. The second-order valence-electron chi connectivity index (χ2n) is 4.01. The molecule has 98 valence electrons. The maximum absolute atomic E-state index is 11.9. The van der Waals surface area contributed by atoms with Crippen LogP contribution in [0.25, 0.3) is 0 Å². The lowest BCUT2D eigenvalue weighted by molar-refractivity contribution is 0.0956. The highest BCUT2D eigenvalue weighted by Crippen LogP contribution is 2.08. The molecule has 0 saturated heterocycles. The minimum Gasteiger partial charge on any atom is -0.348 e. The van der Waals surface area contributed by atoms with E-state index in [1.54, 1.807) is 0 Å². The summed E-state index contributed by atoms with van der Waals surface area (Å²) in [6, 6.07) is 7.62. The van der Waals surface area contributed by atoms with Gasteiger partial charge in [0.1, 0.15) is 0 Å². The van der Waals surface area contributed by atoms with Gasteiger partial charge >= 0.3 is 0 Å². The first-order chi connectivity index (χ1) is 8.25. The van der Waals surface area contributed by atoms with Crippen LogP contribution >= 0.6 is 35.0 Å². The van der Waals surface area contributed by atoms with Crippen LogP contribution in [0.3, 0.4) is 0 Å². The highest BCUT2D eigenvalue weighted by molar-refractivity contribution is 14.1. The zero-order valence-corrected chi connectivity index (χ0v) is 12.9. The zero-order chi connectivity index (χ0) is 12.1. The minimum absolute atomic E-state index is 0. The van der Waals surface area contributed by atoms with Gasteiger partial charge in [-0.15, -0.1) is 12.4 Å². The fourth-order valence-electron chi connectivity index (χ4n) is 1.76. The van der Waals surface area contributed by atoms with Crippen molar-refractivity contribution < 1.29 is 4.79 Å². The van der Waals surface area contributed by atoms with Crippen LogP contribution in [0.4, 0.5) is 0 Å². The van der Waals surface area contributed by atoms with E-state index in [1.807, 2.05) is 24.3 Å². The van der Waals surface area contributed by atoms with Crippen LogP contribution in [-0.4, -0.2) is 25.5 Å². The summed E-state index contributed by atoms with van der Waals surface area (Å²) >= 11 is 2.21. The molecular formula is C13H16ClIN2O. The van der Waals surface area contributed by atoms with E-state index < -0.39 is 0 Å². The number of rotatable bonds is 3. The van der Waals surface area contributed by atoms with E-state index >= 15 is 0 Å². The van der Waals surface area contributed by atoms with E-state index in [4.69, 9.17) is 0 Å². The van der Waals surface area contributed by atoms with E-state index in [1.165, 1.54) is 5.57 Å². The average molecular weight is 379 g/mol. The summed E-state index contributed by atoms with van der Waals surface area (Å²) in [5, 5.41) is 6.21. The molecule has 1 aliphatic heterocycles. The van der Waals surface area contributed by atoms with Crippen molar-refractivity contribution in [2.45, 2.75) is 6.42 Å². The van der Waals surface area contributed by atoms with Gasteiger partial charge in [0.05, 0.1) is 0 Å². The summed E-state index contributed by atoms with van der Waals surface area (Å²) < 4.78 is 1.08. The van der Waals surface area contributed by atoms with Gasteiger partial charge in [0.2, 0.25) is 0 Å². The molecule has 0 fully saturated rings. The molecule has 5 heteroatoms. The van der Waals surface area contributed by atoms with Gasteiger partial charge in [0, 0.05) is 22.2 Å². The van der Waals surface area contributed by atoms with Crippen LogP contribution in [0.2, 0.25) is 0 Å². The molecule has 0 atom stereocenters. The van der Waals surface area contributed by atoms with Gasteiger partial charge in [-0.25, -0.2) is 0 Å². The first kappa shape index (κ1) is 15.5. The van der Waals surface area contributed by atoms with Crippen LogP contribution in [0.15, 0.2) is 35.9 Å². The van der Waals surface area contributed by atoms with Crippen molar-refractivity contribution in [3.8, 4) is 0 Å². The van der Waals surface area contributed by atoms with Crippen molar-refractivity contribution in [1.29, 1.82) is 0 Å². The molecular weight excluding hydrogens is 363 g/mol. The molecule has 0 radical (unpaired) electrons. The van der Waals surface area contributed by atoms with Crippen LogP contribution in [-0.2, 0) is 0 Å². The first-order valence-electron chi connectivity index (χ1n) is 5.68. The van der Waals surface area contributed by atoms with Crippen LogP contribution in [0.5, 0.6) is 0 Å². The maximum atomic E-state index is 11.9. The Kier molecular flexibility index (Phi) is 6.67. The number of benzene rings is 1. The predicted molar refractivity (Wildman–Crippen MR) is 84.3 cm³/mol. The molecule has 1 aromatic carbocycles. The number of carbonyl (C=O) groups is 1. The van der Waals surface area contributed by atoms with Crippen LogP contribution in [0, 0.1) is 3.57 Å². The third-order valence-electron chi connectivity index (χ3n) is 2.72. The van der Waals surface area contributed by atoms with Gasteiger partial charge in [-0.05, 0) is 53.8 Å². The molecule has 0 bridgehead atoms. The number of nitrogens with one attached hydrogen (secondary N) is 2. The third-order valence-corrected chi connectivity index (χ3v) is 3.39. The Morgan fingerprint density at radius 3 is 2.94 bits per heavy atom. The van der Waals surface area contributed by atoms with Gasteiger partial charge in [0.15, 0.2) is 0 Å². The van der Waals surface area contributed by atoms with Crippen LogP contribution < -0.4 is 10.6 Å². The first-order valence-corrected chi connectivity index (χ1v) is 6.76. The molecule has 0 saturated carbocycles. The summed E-state index contributed by atoms with van der Waals surface area (Å²) in [4.78, 5) is 11.9. The quantitative estimate of drug-likeness (QED) is 0.626.